The maximum absolute atomic E-state index is 12.6. The molecule has 0 aromatic carbocycles. The van der Waals surface area contributed by atoms with Crippen molar-refractivity contribution in [2.45, 2.75) is 59.5 Å². The summed E-state index contributed by atoms with van der Waals surface area (Å²) in [5.74, 6) is 0. The van der Waals surface area contributed by atoms with Crippen LogP contribution >= 0.6 is 71.5 Å². The number of alkyl halides is 4. The molecule has 4 nitrogen and oxygen atoms in total. The van der Waals surface area contributed by atoms with Gasteiger partial charge >= 0.3 is 7.82 Å². The number of rotatable bonds is 12. The largest absolute Gasteiger partial charge is 0.475 e. The molecule has 0 bridgehead atoms. The van der Waals surface area contributed by atoms with E-state index in [0.717, 1.165) is 25.7 Å². The second kappa shape index (κ2) is 12.4. The maximum Gasteiger partial charge on any atom is 0.475 e. The van der Waals surface area contributed by atoms with Gasteiger partial charge in [-0.25, -0.2) is 4.57 Å². The van der Waals surface area contributed by atoms with Crippen LogP contribution < -0.4 is 0 Å². The molecule has 0 rings (SSSR count). The Kier molecular flexibility index (Phi) is 13.6. The second-order valence-electron chi connectivity index (χ2n) is 4.49. The standard InChI is InChI=1S/C12H23Br4O4P/c1-3-5-9-18-21(17,19-10-6-4-2)20-11(13)7-8-12(14,15)16/h11H,3-10H2,1-2H3. The summed E-state index contributed by atoms with van der Waals surface area (Å²) in [6, 6.07) is 0. The highest BCUT2D eigenvalue weighted by Crippen LogP contribution is 2.52. The highest BCUT2D eigenvalue weighted by molar-refractivity contribution is 9.39. The van der Waals surface area contributed by atoms with Crippen LogP contribution in [0.25, 0.3) is 0 Å². The van der Waals surface area contributed by atoms with Crippen molar-refractivity contribution in [3.63, 3.8) is 0 Å². The SMILES string of the molecule is CCCCOP(=O)(OCCCC)OC(Br)CCC(Br)(Br)Br. The van der Waals surface area contributed by atoms with E-state index in [1.54, 1.807) is 0 Å². The van der Waals surface area contributed by atoms with Gasteiger partial charge in [0.1, 0.15) is 7.16 Å². The van der Waals surface area contributed by atoms with E-state index in [1.807, 2.05) is 13.8 Å². The van der Waals surface area contributed by atoms with Gasteiger partial charge in [-0.1, -0.05) is 90.4 Å². The zero-order chi connectivity index (χ0) is 16.4. The lowest BCUT2D eigenvalue weighted by Crippen LogP contribution is -2.11. The molecule has 0 N–H and O–H groups in total. The first-order chi connectivity index (χ1) is 9.72. The number of unbranched alkanes of at least 4 members (excludes halogenated alkanes) is 2. The van der Waals surface area contributed by atoms with E-state index in [1.165, 1.54) is 0 Å². The van der Waals surface area contributed by atoms with Gasteiger partial charge in [-0.3, -0.25) is 13.6 Å². The number of phosphoric acid groups is 1. The maximum atomic E-state index is 12.6. The Morgan fingerprint density at radius 1 is 1.05 bits per heavy atom. The van der Waals surface area contributed by atoms with Crippen LogP contribution in [-0.4, -0.2) is 20.4 Å². The van der Waals surface area contributed by atoms with E-state index in [2.05, 4.69) is 63.7 Å². The van der Waals surface area contributed by atoms with Crippen molar-refractivity contribution in [3.8, 4) is 0 Å². The Hall–Kier alpha value is 2.03. The normalized spacial score (nSPS) is 14.4. The Labute approximate surface area is 161 Å². The fourth-order valence-corrected chi connectivity index (χ4v) is 4.03. The van der Waals surface area contributed by atoms with Crippen LogP contribution in [0.2, 0.25) is 0 Å². The van der Waals surface area contributed by atoms with Crippen LogP contribution in [-0.2, 0) is 18.1 Å². The zero-order valence-electron chi connectivity index (χ0n) is 12.3. The molecule has 0 spiro atoms. The summed E-state index contributed by atoms with van der Waals surface area (Å²) >= 11 is 13.6. The highest BCUT2D eigenvalue weighted by atomic mass is 80.0. The molecule has 0 aromatic heterocycles. The lowest BCUT2D eigenvalue weighted by molar-refractivity contribution is 0.102. The van der Waals surface area contributed by atoms with Gasteiger partial charge in [-0.15, -0.1) is 0 Å². The summed E-state index contributed by atoms with van der Waals surface area (Å²) in [5.41, 5.74) is 0. The predicted molar refractivity (Wildman–Crippen MR) is 102 cm³/mol. The number of halogens is 4. The number of hydrogen-bond acceptors (Lipinski definition) is 4. The Morgan fingerprint density at radius 2 is 1.52 bits per heavy atom. The molecule has 0 saturated carbocycles. The minimum atomic E-state index is -3.51. The summed E-state index contributed by atoms with van der Waals surface area (Å²) in [4.78, 5) is 0. The molecule has 0 fully saturated rings. The Bertz CT molecular complexity index is 298. The van der Waals surface area contributed by atoms with Crippen molar-refractivity contribution in [1.82, 2.24) is 0 Å². The first-order valence-electron chi connectivity index (χ1n) is 7.00. The molecule has 0 aliphatic heterocycles. The second-order valence-corrected chi connectivity index (χ2v) is 14.4. The van der Waals surface area contributed by atoms with Gasteiger partial charge < -0.3 is 0 Å². The van der Waals surface area contributed by atoms with E-state index in [4.69, 9.17) is 13.6 Å². The lowest BCUT2D eigenvalue weighted by Gasteiger charge is -2.22. The van der Waals surface area contributed by atoms with Crippen LogP contribution in [0.3, 0.4) is 0 Å². The quantitative estimate of drug-likeness (QED) is 0.140. The number of phosphoric ester groups is 1. The molecular weight excluding hydrogens is 559 g/mol. The van der Waals surface area contributed by atoms with Crippen LogP contribution in [0.1, 0.15) is 52.4 Å². The smallest absolute Gasteiger partial charge is 0.287 e. The fourth-order valence-electron chi connectivity index (χ4n) is 1.21. The minimum absolute atomic E-state index is 0.349. The predicted octanol–water partition coefficient (Wildman–Crippen LogP) is 7.08. The third kappa shape index (κ3) is 14.1. The summed E-state index contributed by atoms with van der Waals surface area (Å²) in [6.07, 6.45) is 4.92. The molecule has 0 heterocycles. The summed E-state index contributed by atoms with van der Waals surface area (Å²) in [7, 11) is -3.51. The topological polar surface area (TPSA) is 44.8 Å². The molecule has 0 aliphatic carbocycles. The average Bonchev–Trinajstić information content (AvgIpc) is 2.36. The molecule has 0 aromatic rings. The van der Waals surface area contributed by atoms with E-state index >= 15 is 0 Å². The molecule has 0 saturated heterocycles. The van der Waals surface area contributed by atoms with Crippen molar-refractivity contribution in [1.29, 1.82) is 0 Å². The highest BCUT2D eigenvalue weighted by Gasteiger charge is 2.31. The van der Waals surface area contributed by atoms with Crippen molar-refractivity contribution in [2.75, 3.05) is 13.2 Å². The summed E-state index contributed by atoms with van der Waals surface area (Å²) < 4.78 is 28.4. The third-order valence-electron chi connectivity index (χ3n) is 2.39. The molecule has 0 radical (unpaired) electrons. The van der Waals surface area contributed by atoms with Crippen LogP contribution in [0.15, 0.2) is 0 Å². The molecule has 128 valence electrons. The van der Waals surface area contributed by atoms with Crippen LogP contribution in [0.4, 0.5) is 0 Å². The van der Waals surface area contributed by atoms with E-state index in [9.17, 15) is 4.57 Å². The lowest BCUT2D eigenvalue weighted by atomic mass is 10.4. The van der Waals surface area contributed by atoms with Crippen LogP contribution in [0.5, 0.6) is 0 Å². The van der Waals surface area contributed by atoms with E-state index in [0.29, 0.717) is 26.1 Å². The zero-order valence-corrected chi connectivity index (χ0v) is 19.6. The molecule has 0 aliphatic rings. The van der Waals surface area contributed by atoms with E-state index in [-0.39, 0.29) is 2.14 Å². The molecular formula is C12H23Br4O4P. The number of hydrogen-bond donors (Lipinski definition) is 0. The van der Waals surface area contributed by atoms with Gasteiger partial charge in [0.05, 0.1) is 13.2 Å². The van der Waals surface area contributed by atoms with Crippen molar-refractivity contribution < 1.29 is 18.1 Å². The van der Waals surface area contributed by atoms with Crippen molar-refractivity contribution in [3.05, 3.63) is 0 Å². The fraction of sp³-hybridized carbons (Fsp3) is 1.00. The van der Waals surface area contributed by atoms with E-state index < -0.39 is 12.8 Å². The van der Waals surface area contributed by atoms with Gasteiger partial charge in [0.25, 0.3) is 0 Å². The molecule has 1 atom stereocenters. The Balaban J connectivity index is 4.38. The monoisotopic (exact) mass is 578 g/mol. The summed E-state index contributed by atoms with van der Waals surface area (Å²) in [5, 5.41) is -0.404. The first kappa shape index (κ1) is 23.0. The third-order valence-corrected chi connectivity index (χ3v) is 6.03. The average molecular weight is 582 g/mol. The van der Waals surface area contributed by atoms with Gasteiger partial charge in [-0.05, 0) is 25.7 Å². The van der Waals surface area contributed by atoms with Gasteiger partial charge in [0.15, 0.2) is 0 Å². The molecule has 9 heteroatoms. The van der Waals surface area contributed by atoms with Crippen LogP contribution in [0, 0.1) is 0 Å². The summed E-state index contributed by atoms with van der Waals surface area (Å²) in [6.45, 7) is 4.84. The van der Waals surface area contributed by atoms with Gasteiger partial charge in [-0.2, -0.15) is 0 Å². The van der Waals surface area contributed by atoms with Gasteiger partial charge in [0, 0.05) is 0 Å². The molecule has 1 unspecified atom stereocenters. The molecule has 21 heavy (non-hydrogen) atoms. The minimum Gasteiger partial charge on any atom is -0.287 e. The van der Waals surface area contributed by atoms with Gasteiger partial charge in [0.2, 0.25) is 0 Å². The van der Waals surface area contributed by atoms with Crippen molar-refractivity contribution in [2.24, 2.45) is 0 Å². The molecule has 0 amide bonds. The van der Waals surface area contributed by atoms with Crippen molar-refractivity contribution >= 4 is 71.5 Å². The first-order valence-corrected chi connectivity index (χ1v) is 11.8. The Morgan fingerprint density at radius 3 is 1.90 bits per heavy atom.